The fourth-order valence-electron chi connectivity index (χ4n) is 3.48. The van der Waals surface area contributed by atoms with E-state index in [-0.39, 0.29) is 17.0 Å². The SMILES string of the molecule is COc1c(F)cccc1[C@@H](C)C[C@@](O)(C=Nc1cccc2nc(C)ccc12)C(F)(F)F. The number of halogens is 4. The molecule has 0 spiro atoms. The van der Waals surface area contributed by atoms with Crippen LogP contribution in [0.15, 0.2) is 53.5 Å². The summed E-state index contributed by atoms with van der Waals surface area (Å²) in [4.78, 5) is 8.31. The molecule has 1 heterocycles. The summed E-state index contributed by atoms with van der Waals surface area (Å²) >= 11 is 0. The number of fused-ring (bicyclic) bond motifs is 1. The molecule has 0 radical (unpaired) electrons. The van der Waals surface area contributed by atoms with Gasteiger partial charge in [-0.1, -0.05) is 25.1 Å². The van der Waals surface area contributed by atoms with Crippen molar-refractivity contribution >= 4 is 22.8 Å². The van der Waals surface area contributed by atoms with Crippen molar-refractivity contribution in [3.63, 3.8) is 0 Å². The number of hydrogen-bond acceptors (Lipinski definition) is 4. The van der Waals surface area contributed by atoms with E-state index in [2.05, 4.69) is 9.98 Å². The van der Waals surface area contributed by atoms with Gasteiger partial charge < -0.3 is 9.84 Å². The van der Waals surface area contributed by atoms with Crippen LogP contribution in [-0.2, 0) is 0 Å². The third-order valence-corrected chi connectivity index (χ3v) is 5.11. The molecule has 0 amide bonds. The van der Waals surface area contributed by atoms with Crippen molar-refractivity contribution in [3.05, 3.63) is 65.6 Å². The number of pyridine rings is 1. The van der Waals surface area contributed by atoms with Gasteiger partial charge in [-0.3, -0.25) is 9.98 Å². The first-order valence-corrected chi connectivity index (χ1v) is 9.59. The molecular formula is C23H22F4N2O2. The maximum absolute atomic E-state index is 14.0. The molecule has 0 aliphatic rings. The molecule has 0 bridgehead atoms. The lowest BCUT2D eigenvalue weighted by Crippen LogP contribution is -2.47. The molecule has 0 fully saturated rings. The number of aryl methyl sites for hydroxylation is 1. The molecule has 3 rings (SSSR count). The zero-order valence-corrected chi connectivity index (χ0v) is 17.2. The molecule has 0 saturated carbocycles. The second-order valence-corrected chi connectivity index (χ2v) is 7.44. The van der Waals surface area contributed by atoms with Crippen molar-refractivity contribution in [2.75, 3.05) is 7.11 Å². The molecule has 1 N–H and O–H groups in total. The highest BCUT2D eigenvalue weighted by molar-refractivity contribution is 5.92. The Morgan fingerprint density at radius 1 is 1.13 bits per heavy atom. The number of benzene rings is 2. The van der Waals surface area contributed by atoms with Crippen LogP contribution < -0.4 is 4.74 Å². The van der Waals surface area contributed by atoms with Crippen LogP contribution in [0, 0.1) is 12.7 Å². The molecule has 2 aromatic carbocycles. The zero-order valence-electron chi connectivity index (χ0n) is 17.2. The number of hydrogen-bond donors (Lipinski definition) is 1. The van der Waals surface area contributed by atoms with E-state index >= 15 is 0 Å². The number of aliphatic hydroxyl groups is 1. The Morgan fingerprint density at radius 2 is 1.84 bits per heavy atom. The summed E-state index contributed by atoms with van der Waals surface area (Å²) in [6.07, 6.45) is -5.25. The summed E-state index contributed by atoms with van der Waals surface area (Å²) < 4.78 is 60.5. The first-order valence-electron chi connectivity index (χ1n) is 9.59. The Bertz CT molecular complexity index is 1110. The number of ether oxygens (including phenoxy) is 1. The molecule has 1 aromatic heterocycles. The summed E-state index contributed by atoms with van der Waals surface area (Å²) in [5.41, 5.74) is -1.40. The molecule has 0 saturated heterocycles. The topological polar surface area (TPSA) is 54.7 Å². The molecular weight excluding hydrogens is 412 g/mol. The van der Waals surface area contributed by atoms with Crippen LogP contribution in [0.25, 0.3) is 10.9 Å². The van der Waals surface area contributed by atoms with Gasteiger partial charge in [-0.05, 0) is 49.6 Å². The Morgan fingerprint density at radius 3 is 2.52 bits per heavy atom. The number of nitrogens with zero attached hydrogens (tertiary/aromatic N) is 2. The molecule has 0 aliphatic heterocycles. The summed E-state index contributed by atoms with van der Waals surface area (Å²) in [6.45, 7) is 3.27. The average molecular weight is 434 g/mol. The Balaban J connectivity index is 1.98. The van der Waals surface area contributed by atoms with Crippen LogP contribution in [0.4, 0.5) is 23.2 Å². The maximum atomic E-state index is 14.0. The van der Waals surface area contributed by atoms with E-state index in [9.17, 15) is 22.7 Å². The van der Waals surface area contributed by atoms with Gasteiger partial charge in [0.15, 0.2) is 17.2 Å². The fourth-order valence-corrected chi connectivity index (χ4v) is 3.48. The van der Waals surface area contributed by atoms with Crippen molar-refractivity contribution in [1.82, 2.24) is 4.98 Å². The Kier molecular flexibility index (Phi) is 6.31. The van der Waals surface area contributed by atoms with Gasteiger partial charge in [0.1, 0.15) is 0 Å². The summed E-state index contributed by atoms with van der Waals surface area (Å²) in [5.74, 6) is -1.71. The first kappa shape index (κ1) is 22.7. The smallest absolute Gasteiger partial charge is 0.422 e. The van der Waals surface area contributed by atoms with Crippen LogP contribution in [0.2, 0.25) is 0 Å². The second kappa shape index (κ2) is 8.63. The van der Waals surface area contributed by atoms with Gasteiger partial charge in [0.2, 0.25) is 0 Å². The average Bonchev–Trinajstić information content (AvgIpc) is 2.70. The predicted molar refractivity (Wildman–Crippen MR) is 112 cm³/mol. The minimum Gasteiger partial charge on any atom is -0.493 e. The standard InChI is InChI=1S/C23H22F4N2O2/c1-14(16-6-4-7-18(24)21(16)31-3)12-22(30,23(25,26)27)13-28-19-8-5-9-20-17(19)11-10-15(2)29-20/h4-11,13-14,30H,12H2,1-3H3/t14-,22+/m0/s1. The van der Waals surface area contributed by atoms with E-state index in [1.165, 1.54) is 26.2 Å². The molecule has 0 aliphatic carbocycles. The van der Waals surface area contributed by atoms with Crippen LogP contribution >= 0.6 is 0 Å². The van der Waals surface area contributed by atoms with E-state index in [1.807, 2.05) is 0 Å². The number of aromatic nitrogens is 1. The van der Waals surface area contributed by atoms with Crippen LogP contribution in [-0.4, -0.2) is 35.2 Å². The quantitative estimate of drug-likeness (QED) is 0.389. The molecule has 2 atom stereocenters. The number of para-hydroxylation sites is 1. The van der Waals surface area contributed by atoms with Crippen LogP contribution in [0.3, 0.4) is 0 Å². The molecule has 164 valence electrons. The molecule has 31 heavy (non-hydrogen) atoms. The van der Waals surface area contributed by atoms with Crippen molar-refractivity contribution in [3.8, 4) is 5.75 Å². The molecule has 0 unspecified atom stereocenters. The maximum Gasteiger partial charge on any atom is 0.422 e. The number of rotatable bonds is 6. The lowest BCUT2D eigenvalue weighted by molar-refractivity contribution is -0.231. The van der Waals surface area contributed by atoms with E-state index in [4.69, 9.17) is 4.74 Å². The number of methoxy groups -OCH3 is 1. The van der Waals surface area contributed by atoms with Gasteiger partial charge in [-0.25, -0.2) is 4.39 Å². The minimum absolute atomic E-state index is 0.146. The normalized spacial score (nSPS) is 15.2. The predicted octanol–water partition coefficient (Wildman–Crippen LogP) is 5.88. The molecule has 8 heteroatoms. The van der Waals surface area contributed by atoms with Crippen molar-refractivity contribution in [1.29, 1.82) is 0 Å². The van der Waals surface area contributed by atoms with Gasteiger partial charge in [-0.15, -0.1) is 0 Å². The lowest BCUT2D eigenvalue weighted by Gasteiger charge is -2.30. The summed E-state index contributed by atoms with van der Waals surface area (Å²) in [5, 5.41) is 11.1. The van der Waals surface area contributed by atoms with Crippen molar-refractivity contribution < 1.29 is 27.4 Å². The minimum atomic E-state index is -5.00. The molecule has 4 nitrogen and oxygen atoms in total. The Labute approximate surface area is 177 Å². The van der Waals surface area contributed by atoms with Gasteiger partial charge in [0.25, 0.3) is 0 Å². The highest BCUT2D eigenvalue weighted by atomic mass is 19.4. The molecule has 3 aromatic rings. The Hall–Kier alpha value is -3.00. The van der Waals surface area contributed by atoms with Gasteiger partial charge in [-0.2, -0.15) is 13.2 Å². The lowest BCUT2D eigenvalue weighted by atomic mass is 9.86. The third kappa shape index (κ3) is 4.69. The van der Waals surface area contributed by atoms with Crippen LogP contribution in [0.5, 0.6) is 5.75 Å². The third-order valence-electron chi connectivity index (χ3n) is 5.11. The van der Waals surface area contributed by atoms with Crippen molar-refractivity contribution in [2.45, 2.75) is 38.0 Å². The van der Waals surface area contributed by atoms with E-state index in [0.29, 0.717) is 17.1 Å². The van der Waals surface area contributed by atoms with Crippen LogP contribution in [0.1, 0.15) is 30.5 Å². The van der Waals surface area contributed by atoms with Crippen molar-refractivity contribution in [2.24, 2.45) is 4.99 Å². The van der Waals surface area contributed by atoms with Gasteiger partial charge in [0.05, 0.1) is 18.3 Å². The monoisotopic (exact) mass is 434 g/mol. The first-order chi connectivity index (χ1) is 14.6. The van der Waals surface area contributed by atoms with E-state index in [0.717, 1.165) is 11.8 Å². The van der Waals surface area contributed by atoms with E-state index < -0.39 is 29.9 Å². The zero-order chi connectivity index (χ0) is 22.8. The largest absolute Gasteiger partial charge is 0.493 e. The number of alkyl halides is 3. The summed E-state index contributed by atoms with van der Waals surface area (Å²) in [6, 6.07) is 12.4. The number of aliphatic imine (C=N–C) groups is 1. The van der Waals surface area contributed by atoms with Gasteiger partial charge >= 0.3 is 6.18 Å². The van der Waals surface area contributed by atoms with E-state index in [1.54, 1.807) is 37.3 Å². The second-order valence-electron chi connectivity index (χ2n) is 7.44. The summed E-state index contributed by atoms with van der Waals surface area (Å²) in [7, 11) is 1.24. The highest BCUT2D eigenvalue weighted by Gasteiger charge is 2.53. The fraction of sp³-hybridized carbons (Fsp3) is 0.304. The van der Waals surface area contributed by atoms with Gasteiger partial charge in [0, 0.05) is 22.9 Å². The highest BCUT2D eigenvalue weighted by Crippen LogP contribution is 2.40.